The van der Waals surface area contributed by atoms with E-state index in [1.807, 2.05) is 6.07 Å². The monoisotopic (exact) mass is 172 g/mol. The van der Waals surface area contributed by atoms with Crippen LogP contribution < -0.4 is 5.63 Å². The van der Waals surface area contributed by atoms with Gasteiger partial charge in [0.25, 0.3) is 0 Å². The molecule has 0 aromatic carbocycles. The van der Waals surface area contributed by atoms with Crippen LogP contribution in [0.2, 0.25) is 0 Å². The highest BCUT2D eigenvalue weighted by atomic mass is 16.4. The molecule has 2 heterocycles. The quantitative estimate of drug-likeness (QED) is 0.595. The van der Waals surface area contributed by atoms with E-state index in [0.29, 0.717) is 16.5 Å². The molecule has 0 saturated heterocycles. The first-order valence-electron chi connectivity index (χ1n) is 3.59. The van der Waals surface area contributed by atoms with E-state index in [1.54, 1.807) is 6.07 Å². The molecule has 0 aliphatic rings. The van der Waals surface area contributed by atoms with Gasteiger partial charge >= 0.3 is 5.63 Å². The molecule has 0 saturated carbocycles. The van der Waals surface area contributed by atoms with Crippen molar-refractivity contribution < 1.29 is 4.42 Å². The minimum Gasteiger partial charge on any atom is -0.431 e. The molecule has 2 aromatic heterocycles. The number of nitrogens with zero attached hydrogens (tertiary/aromatic N) is 2. The summed E-state index contributed by atoms with van der Waals surface area (Å²) in [6.07, 6.45) is 2.70. The summed E-state index contributed by atoms with van der Waals surface area (Å²) < 4.78 is 4.63. The second-order valence-corrected chi connectivity index (χ2v) is 2.48. The summed E-state index contributed by atoms with van der Waals surface area (Å²) in [6.45, 7) is 0. The van der Waals surface area contributed by atoms with Crippen molar-refractivity contribution in [2.24, 2.45) is 0 Å². The summed E-state index contributed by atoms with van der Waals surface area (Å²) in [5, 5.41) is 8.90. The molecular formula is C9H4N2O2. The number of aromatic nitrogens is 1. The third-order valence-corrected chi connectivity index (χ3v) is 1.67. The van der Waals surface area contributed by atoms with Crippen LogP contribution >= 0.6 is 0 Å². The normalized spacial score (nSPS) is 9.77. The topological polar surface area (TPSA) is 66.9 Å². The zero-order valence-electron chi connectivity index (χ0n) is 6.52. The summed E-state index contributed by atoms with van der Waals surface area (Å²) in [5.41, 5.74) is 0.420. The Bertz CT molecular complexity index is 551. The van der Waals surface area contributed by atoms with Crippen LogP contribution in [0.15, 0.2) is 33.8 Å². The van der Waals surface area contributed by atoms with Gasteiger partial charge in [0.05, 0.1) is 22.7 Å². The van der Waals surface area contributed by atoms with Gasteiger partial charge in [-0.25, -0.2) is 4.79 Å². The van der Waals surface area contributed by atoms with Crippen molar-refractivity contribution in [3.8, 4) is 6.07 Å². The first kappa shape index (κ1) is 7.50. The fourth-order valence-corrected chi connectivity index (χ4v) is 1.06. The molecule has 0 amide bonds. The predicted molar refractivity (Wildman–Crippen MR) is 45.0 cm³/mol. The number of fused-ring (bicyclic) bond motifs is 1. The highest BCUT2D eigenvalue weighted by molar-refractivity contribution is 5.77. The molecule has 0 radical (unpaired) electrons. The van der Waals surface area contributed by atoms with Gasteiger partial charge in [0.1, 0.15) is 6.07 Å². The fourth-order valence-electron chi connectivity index (χ4n) is 1.06. The van der Waals surface area contributed by atoms with Crippen molar-refractivity contribution in [1.82, 2.24) is 4.98 Å². The number of hydrogen-bond acceptors (Lipinski definition) is 4. The average molecular weight is 172 g/mol. The van der Waals surface area contributed by atoms with E-state index >= 15 is 0 Å². The maximum atomic E-state index is 11.1. The summed E-state index contributed by atoms with van der Waals surface area (Å²) in [4.78, 5) is 15.1. The maximum Gasteiger partial charge on any atom is 0.345 e. The highest BCUT2D eigenvalue weighted by Crippen LogP contribution is 2.07. The third-order valence-electron chi connectivity index (χ3n) is 1.67. The largest absolute Gasteiger partial charge is 0.431 e. The molecule has 0 N–H and O–H groups in total. The van der Waals surface area contributed by atoms with Crippen LogP contribution in [0.1, 0.15) is 5.56 Å². The van der Waals surface area contributed by atoms with Gasteiger partial charge in [-0.05, 0) is 12.1 Å². The van der Waals surface area contributed by atoms with Gasteiger partial charge in [-0.2, -0.15) is 5.26 Å². The molecule has 13 heavy (non-hydrogen) atoms. The molecule has 0 aliphatic heterocycles. The Kier molecular flexibility index (Phi) is 1.57. The summed E-state index contributed by atoms with van der Waals surface area (Å²) in [5.74, 6) is 0. The lowest BCUT2D eigenvalue weighted by molar-refractivity contribution is 0.519. The SMILES string of the molecule is N#Cc1cnc2ccoc(=O)c2c1. The van der Waals surface area contributed by atoms with Crippen molar-refractivity contribution in [3.05, 3.63) is 40.6 Å². The summed E-state index contributed by atoms with van der Waals surface area (Å²) in [7, 11) is 0. The minimum absolute atomic E-state index is 0.335. The van der Waals surface area contributed by atoms with Gasteiger partial charge in [0.2, 0.25) is 0 Å². The Labute approximate surface area is 73.1 Å². The number of nitriles is 1. The van der Waals surface area contributed by atoms with Gasteiger partial charge in [-0.3, -0.25) is 4.98 Å². The van der Waals surface area contributed by atoms with E-state index in [2.05, 4.69) is 9.40 Å². The van der Waals surface area contributed by atoms with E-state index in [9.17, 15) is 4.79 Å². The molecule has 0 aliphatic carbocycles. The van der Waals surface area contributed by atoms with E-state index in [0.717, 1.165) is 0 Å². The second-order valence-electron chi connectivity index (χ2n) is 2.48. The third kappa shape index (κ3) is 1.16. The Morgan fingerprint density at radius 1 is 1.54 bits per heavy atom. The van der Waals surface area contributed by atoms with Crippen LogP contribution in [0.25, 0.3) is 10.9 Å². The molecule has 0 fully saturated rings. The zero-order valence-corrected chi connectivity index (χ0v) is 6.52. The van der Waals surface area contributed by atoms with Crippen LogP contribution in [0.5, 0.6) is 0 Å². The minimum atomic E-state index is -0.470. The second kappa shape index (κ2) is 2.72. The predicted octanol–water partition coefficient (Wildman–Crippen LogP) is 1.06. The number of rotatable bonds is 0. The van der Waals surface area contributed by atoms with E-state index in [1.165, 1.54) is 18.5 Å². The van der Waals surface area contributed by atoms with Crippen LogP contribution in [-0.4, -0.2) is 4.98 Å². The van der Waals surface area contributed by atoms with Crippen molar-refractivity contribution in [1.29, 1.82) is 5.26 Å². The molecule has 0 bridgehead atoms. The Morgan fingerprint density at radius 2 is 2.38 bits per heavy atom. The molecular weight excluding hydrogens is 168 g/mol. The first-order valence-corrected chi connectivity index (χ1v) is 3.59. The van der Waals surface area contributed by atoms with Gasteiger partial charge in [0, 0.05) is 6.20 Å². The number of pyridine rings is 1. The van der Waals surface area contributed by atoms with Gasteiger partial charge in [0.15, 0.2) is 0 Å². The lowest BCUT2D eigenvalue weighted by atomic mass is 10.2. The van der Waals surface area contributed by atoms with Crippen LogP contribution in [0.3, 0.4) is 0 Å². The van der Waals surface area contributed by atoms with E-state index < -0.39 is 5.63 Å². The van der Waals surface area contributed by atoms with Crippen LogP contribution in [0, 0.1) is 11.3 Å². The molecule has 4 heteroatoms. The van der Waals surface area contributed by atoms with Crippen molar-refractivity contribution in [2.45, 2.75) is 0 Å². The van der Waals surface area contributed by atoms with Crippen molar-refractivity contribution in [3.63, 3.8) is 0 Å². The Hall–Kier alpha value is -2.15. The molecule has 0 atom stereocenters. The molecule has 2 aromatic rings. The lowest BCUT2D eigenvalue weighted by Crippen LogP contribution is -1.99. The smallest absolute Gasteiger partial charge is 0.345 e. The fraction of sp³-hybridized carbons (Fsp3) is 0. The van der Waals surface area contributed by atoms with Crippen molar-refractivity contribution in [2.75, 3.05) is 0 Å². The average Bonchev–Trinajstić information content (AvgIpc) is 2.18. The Morgan fingerprint density at radius 3 is 3.15 bits per heavy atom. The highest BCUT2D eigenvalue weighted by Gasteiger charge is 2.01. The number of hydrogen-bond donors (Lipinski definition) is 0. The molecule has 0 spiro atoms. The summed E-state index contributed by atoms with van der Waals surface area (Å²) >= 11 is 0. The molecule has 4 nitrogen and oxygen atoms in total. The molecule has 2 rings (SSSR count). The summed E-state index contributed by atoms with van der Waals surface area (Å²) in [6, 6.07) is 4.95. The Balaban J connectivity index is 2.92. The zero-order chi connectivity index (χ0) is 9.26. The first-order chi connectivity index (χ1) is 6.31. The van der Waals surface area contributed by atoms with E-state index in [4.69, 9.17) is 5.26 Å². The van der Waals surface area contributed by atoms with Gasteiger partial charge in [-0.15, -0.1) is 0 Å². The van der Waals surface area contributed by atoms with Crippen LogP contribution in [-0.2, 0) is 0 Å². The molecule has 0 unspecified atom stereocenters. The van der Waals surface area contributed by atoms with E-state index in [-0.39, 0.29) is 0 Å². The van der Waals surface area contributed by atoms with Gasteiger partial charge in [-0.1, -0.05) is 0 Å². The van der Waals surface area contributed by atoms with Gasteiger partial charge < -0.3 is 4.42 Å². The van der Waals surface area contributed by atoms with Crippen molar-refractivity contribution >= 4 is 10.9 Å². The maximum absolute atomic E-state index is 11.1. The standard InChI is InChI=1S/C9H4N2O2/c10-4-6-3-7-8(11-5-6)1-2-13-9(7)12/h1-3,5H. The lowest BCUT2D eigenvalue weighted by Gasteiger charge is -1.93. The molecule has 62 valence electrons. The van der Waals surface area contributed by atoms with Crippen LogP contribution in [0.4, 0.5) is 0 Å².